The quantitative estimate of drug-likeness (QED) is 0.626. The SMILES string of the molecule is C=C/C(C)=C\n1ccc2ccccc21. The second kappa shape index (κ2) is 3.54. The lowest BCUT2D eigenvalue weighted by Crippen LogP contribution is -1.83. The fourth-order valence-corrected chi connectivity index (χ4v) is 1.49. The van der Waals surface area contributed by atoms with E-state index in [1.165, 1.54) is 10.9 Å². The normalized spacial score (nSPS) is 11.9. The summed E-state index contributed by atoms with van der Waals surface area (Å²) < 4.78 is 2.12. The van der Waals surface area contributed by atoms with Gasteiger partial charge in [-0.3, -0.25) is 0 Å². The Kier molecular flexibility index (Phi) is 2.23. The van der Waals surface area contributed by atoms with Crippen LogP contribution in [-0.4, -0.2) is 4.57 Å². The molecular formula is C13H13N. The molecule has 14 heavy (non-hydrogen) atoms. The van der Waals surface area contributed by atoms with E-state index >= 15 is 0 Å². The number of hydrogen-bond acceptors (Lipinski definition) is 0. The highest BCUT2D eigenvalue weighted by atomic mass is 14.9. The predicted molar refractivity (Wildman–Crippen MR) is 62.1 cm³/mol. The highest BCUT2D eigenvalue weighted by molar-refractivity contribution is 5.82. The van der Waals surface area contributed by atoms with Gasteiger partial charge in [0.1, 0.15) is 0 Å². The lowest BCUT2D eigenvalue weighted by molar-refractivity contribution is 1.21. The third-order valence-corrected chi connectivity index (χ3v) is 2.29. The summed E-state index contributed by atoms with van der Waals surface area (Å²) in [6.45, 7) is 5.78. The summed E-state index contributed by atoms with van der Waals surface area (Å²) in [5.41, 5.74) is 2.39. The molecule has 0 aliphatic carbocycles. The molecule has 0 saturated carbocycles. The number of allylic oxidation sites excluding steroid dienone is 2. The van der Waals surface area contributed by atoms with Crippen LogP contribution >= 0.6 is 0 Å². The van der Waals surface area contributed by atoms with Crippen molar-refractivity contribution in [3.05, 3.63) is 54.8 Å². The van der Waals surface area contributed by atoms with Crippen molar-refractivity contribution in [2.24, 2.45) is 0 Å². The van der Waals surface area contributed by atoms with E-state index in [0.29, 0.717) is 0 Å². The summed E-state index contributed by atoms with van der Waals surface area (Å²) in [7, 11) is 0. The number of rotatable bonds is 2. The van der Waals surface area contributed by atoms with E-state index in [4.69, 9.17) is 0 Å². The maximum atomic E-state index is 3.74. The van der Waals surface area contributed by atoms with E-state index in [-0.39, 0.29) is 0 Å². The van der Waals surface area contributed by atoms with Crippen molar-refractivity contribution in [1.82, 2.24) is 4.57 Å². The van der Waals surface area contributed by atoms with E-state index in [2.05, 4.69) is 53.9 Å². The predicted octanol–water partition coefficient (Wildman–Crippen LogP) is 3.69. The van der Waals surface area contributed by atoms with Gasteiger partial charge in [-0.2, -0.15) is 0 Å². The number of nitrogens with zero attached hydrogens (tertiary/aromatic N) is 1. The van der Waals surface area contributed by atoms with Crippen LogP contribution in [0.15, 0.2) is 54.8 Å². The van der Waals surface area contributed by atoms with Crippen LogP contribution in [0.1, 0.15) is 6.92 Å². The second-order valence-electron chi connectivity index (χ2n) is 3.36. The molecule has 0 spiro atoms. The molecule has 0 N–H and O–H groups in total. The Labute approximate surface area is 84.0 Å². The molecule has 0 fully saturated rings. The van der Waals surface area contributed by atoms with Crippen LogP contribution in [0.4, 0.5) is 0 Å². The van der Waals surface area contributed by atoms with Gasteiger partial charge < -0.3 is 4.57 Å². The van der Waals surface area contributed by atoms with Crippen molar-refractivity contribution >= 4 is 17.1 Å². The zero-order valence-corrected chi connectivity index (χ0v) is 8.27. The summed E-state index contributed by atoms with van der Waals surface area (Å²) >= 11 is 0. The van der Waals surface area contributed by atoms with Gasteiger partial charge >= 0.3 is 0 Å². The molecule has 1 aromatic heterocycles. The van der Waals surface area contributed by atoms with E-state index < -0.39 is 0 Å². The second-order valence-corrected chi connectivity index (χ2v) is 3.36. The number of hydrogen-bond donors (Lipinski definition) is 0. The highest BCUT2D eigenvalue weighted by Gasteiger charge is 1.96. The molecule has 1 heteroatoms. The minimum atomic E-state index is 1.16. The molecule has 0 saturated heterocycles. The first kappa shape index (κ1) is 8.82. The highest BCUT2D eigenvalue weighted by Crippen LogP contribution is 2.16. The van der Waals surface area contributed by atoms with E-state index in [0.717, 1.165) is 5.57 Å². The van der Waals surface area contributed by atoms with Gasteiger partial charge in [-0.05, 0) is 30.0 Å². The van der Waals surface area contributed by atoms with Gasteiger partial charge in [0.25, 0.3) is 0 Å². The lowest BCUT2D eigenvalue weighted by atomic mass is 10.2. The molecule has 1 heterocycles. The molecule has 70 valence electrons. The third kappa shape index (κ3) is 1.49. The maximum absolute atomic E-state index is 3.74. The molecule has 0 bridgehead atoms. The van der Waals surface area contributed by atoms with E-state index in [1.54, 1.807) is 0 Å². The number of aromatic nitrogens is 1. The lowest BCUT2D eigenvalue weighted by Gasteiger charge is -1.98. The van der Waals surface area contributed by atoms with Crippen molar-refractivity contribution in [3.8, 4) is 0 Å². The van der Waals surface area contributed by atoms with Crippen molar-refractivity contribution in [3.63, 3.8) is 0 Å². The van der Waals surface area contributed by atoms with Crippen molar-refractivity contribution in [2.75, 3.05) is 0 Å². The summed E-state index contributed by atoms with van der Waals surface area (Å²) in [6, 6.07) is 10.4. The van der Waals surface area contributed by atoms with Crippen LogP contribution in [0.2, 0.25) is 0 Å². The van der Waals surface area contributed by atoms with Gasteiger partial charge in [0, 0.05) is 12.4 Å². The molecular weight excluding hydrogens is 170 g/mol. The van der Waals surface area contributed by atoms with Gasteiger partial charge in [0.15, 0.2) is 0 Å². The van der Waals surface area contributed by atoms with Gasteiger partial charge in [-0.15, -0.1) is 0 Å². The van der Waals surface area contributed by atoms with Gasteiger partial charge in [-0.25, -0.2) is 0 Å². The molecule has 0 aliphatic rings. The van der Waals surface area contributed by atoms with Crippen LogP contribution < -0.4 is 0 Å². The fourth-order valence-electron chi connectivity index (χ4n) is 1.49. The first-order valence-corrected chi connectivity index (χ1v) is 4.67. The first-order chi connectivity index (χ1) is 6.81. The molecule has 2 aromatic rings. The molecule has 0 atom stereocenters. The Balaban J connectivity index is 2.59. The molecule has 1 nitrogen and oxygen atoms in total. The van der Waals surface area contributed by atoms with Crippen LogP contribution in [0.25, 0.3) is 17.1 Å². The minimum absolute atomic E-state index is 1.16. The minimum Gasteiger partial charge on any atom is -0.323 e. The number of para-hydroxylation sites is 1. The number of benzene rings is 1. The van der Waals surface area contributed by atoms with Crippen molar-refractivity contribution < 1.29 is 0 Å². The van der Waals surface area contributed by atoms with Gasteiger partial charge in [0.05, 0.1) is 5.52 Å². The van der Waals surface area contributed by atoms with Crippen molar-refractivity contribution in [1.29, 1.82) is 0 Å². The van der Waals surface area contributed by atoms with E-state index in [1.807, 2.05) is 13.0 Å². The van der Waals surface area contributed by atoms with Crippen LogP contribution in [-0.2, 0) is 0 Å². The summed E-state index contributed by atoms with van der Waals surface area (Å²) in [6.07, 6.45) is 6.00. The largest absolute Gasteiger partial charge is 0.323 e. The average Bonchev–Trinajstić information content (AvgIpc) is 2.62. The van der Waals surface area contributed by atoms with Crippen LogP contribution in [0, 0.1) is 0 Å². The average molecular weight is 183 g/mol. The fraction of sp³-hybridized carbons (Fsp3) is 0.0769. The summed E-state index contributed by atoms with van der Waals surface area (Å²) in [5, 5.41) is 1.26. The molecule has 0 aliphatic heterocycles. The molecule has 0 amide bonds. The molecule has 0 unspecified atom stereocenters. The zero-order chi connectivity index (χ0) is 9.97. The Hall–Kier alpha value is -1.76. The zero-order valence-electron chi connectivity index (χ0n) is 8.27. The van der Waals surface area contributed by atoms with Crippen LogP contribution in [0.3, 0.4) is 0 Å². The van der Waals surface area contributed by atoms with E-state index in [9.17, 15) is 0 Å². The standard InChI is InChI=1S/C13H13N/c1-3-11(2)10-14-9-8-12-6-4-5-7-13(12)14/h3-10H,1H2,2H3/b11-10-. The molecule has 1 aromatic carbocycles. The molecule has 2 rings (SSSR count). The smallest absolute Gasteiger partial charge is 0.0522 e. The topological polar surface area (TPSA) is 4.93 Å². The maximum Gasteiger partial charge on any atom is 0.0522 e. The number of fused-ring (bicyclic) bond motifs is 1. The molecule has 0 radical (unpaired) electrons. The Morgan fingerprint density at radius 1 is 1.29 bits per heavy atom. The van der Waals surface area contributed by atoms with Gasteiger partial charge in [-0.1, -0.05) is 30.9 Å². The Morgan fingerprint density at radius 3 is 2.86 bits per heavy atom. The monoisotopic (exact) mass is 183 g/mol. The first-order valence-electron chi connectivity index (χ1n) is 4.67. The van der Waals surface area contributed by atoms with Crippen molar-refractivity contribution in [2.45, 2.75) is 6.92 Å². The Morgan fingerprint density at radius 2 is 2.07 bits per heavy atom. The summed E-state index contributed by atoms with van der Waals surface area (Å²) in [5.74, 6) is 0. The Bertz CT molecular complexity index is 489. The van der Waals surface area contributed by atoms with Crippen LogP contribution in [0.5, 0.6) is 0 Å². The summed E-state index contributed by atoms with van der Waals surface area (Å²) in [4.78, 5) is 0. The van der Waals surface area contributed by atoms with Gasteiger partial charge in [0.2, 0.25) is 0 Å². The third-order valence-electron chi connectivity index (χ3n) is 2.29.